The first-order valence-corrected chi connectivity index (χ1v) is 7.08. The average molecular weight is 301 g/mol. The smallest absolute Gasteiger partial charge is 0.255 e. The van der Waals surface area contributed by atoms with E-state index in [4.69, 9.17) is 0 Å². The minimum absolute atomic E-state index is 0.193. The molecule has 6 nitrogen and oxygen atoms in total. The first kappa shape index (κ1) is 14.4. The van der Waals surface area contributed by atoms with E-state index in [0.29, 0.717) is 26.2 Å². The average Bonchev–Trinajstić information content (AvgIpc) is 2.55. The van der Waals surface area contributed by atoms with Gasteiger partial charge in [-0.15, -0.1) is 5.10 Å². The molecule has 7 heteroatoms. The molecule has 1 fully saturated rings. The van der Waals surface area contributed by atoms with Gasteiger partial charge >= 0.3 is 0 Å². The monoisotopic (exact) mass is 301 g/mol. The highest BCUT2D eigenvalue weighted by Gasteiger charge is 2.23. The van der Waals surface area contributed by atoms with Gasteiger partial charge in [0.05, 0.1) is 17.5 Å². The van der Waals surface area contributed by atoms with Crippen LogP contribution in [0.15, 0.2) is 30.6 Å². The summed E-state index contributed by atoms with van der Waals surface area (Å²) >= 11 is 0. The molecule has 2 aromatic heterocycles. The van der Waals surface area contributed by atoms with E-state index in [0.717, 1.165) is 17.7 Å². The maximum absolute atomic E-state index is 13.2. The Bertz CT molecular complexity index is 668. The third-order valence-corrected chi connectivity index (χ3v) is 3.63. The first-order chi connectivity index (χ1) is 10.6. The fourth-order valence-electron chi connectivity index (χ4n) is 2.41. The van der Waals surface area contributed by atoms with E-state index in [2.05, 4.69) is 20.1 Å². The predicted molar refractivity (Wildman–Crippen MR) is 79.1 cm³/mol. The van der Waals surface area contributed by atoms with E-state index < -0.39 is 5.82 Å². The lowest BCUT2D eigenvalue weighted by Crippen LogP contribution is -2.49. The van der Waals surface area contributed by atoms with E-state index in [9.17, 15) is 9.18 Å². The molecular weight excluding hydrogens is 285 g/mol. The molecule has 0 atom stereocenters. The van der Waals surface area contributed by atoms with Crippen LogP contribution in [-0.4, -0.2) is 52.2 Å². The molecule has 3 rings (SSSR count). The van der Waals surface area contributed by atoms with Gasteiger partial charge in [-0.25, -0.2) is 4.39 Å². The quantitative estimate of drug-likeness (QED) is 0.836. The minimum Gasteiger partial charge on any atom is -0.352 e. The molecule has 3 heterocycles. The van der Waals surface area contributed by atoms with Crippen LogP contribution in [0.25, 0.3) is 0 Å². The van der Waals surface area contributed by atoms with Crippen LogP contribution in [0.1, 0.15) is 16.1 Å². The summed E-state index contributed by atoms with van der Waals surface area (Å²) in [7, 11) is 0. The number of pyridine rings is 1. The van der Waals surface area contributed by atoms with Crippen molar-refractivity contribution in [2.24, 2.45) is 0 Å². The van der Waals surface area contributed by atoms with Crippen molar-refractivity contribution in [1.29, 1.82) is 0 Å². The van der Waals surface area contributed by atoms with Crippen molar-refractivity contribution >= 4 is 11.7 Å². The standard InChI is InChI=1S/C15H16FN5O/c1-11-2-3-14(19-18-11)20-4-6-21(7-5-20)15(22)12-8-13(16)10-17-9-12/h2-3,8-10H,4-7H2,1H3. The summed E-state index contributed by atoms with van der Waals surface area (Å²) in [6, 6.07) is 5.06. The molecule has 22 heavy (non-hydrogen) atoms. The minimum atomic E-state index is -0.501. The Morgan fingerprint density at radius 1 is 1.14 bits per heavy atom. The van der Waals surface area contributed by atoms with Gasteiger partial charge in [-0.1, -0.05) is 0 Å². The molecule has 0 radical (unpaired) electrons. The van der Waals surface area contributed by atoms with E-state index in [1.165, 1.54) is 12.3 Å². The van der Waals surface area contributed by atoms with Crippen LogP contribution in [0, 0.1) is 12.7 Å². The highest BCUT2D eigenvalue weighted by Crippen LogP contribution is 2.14. The Morgan fingerprint density at radius 2 is 1.91 bits per heavy atom. The molecule has 0 aliphatic carbocycles. The van der Waals surface area contributed by atoms with E-state index in [1.54, 1.807) is 4.90 Å². The number of hydrogen-bond donors (Lipinski definition) is 0. The van der Waals surface area contributed by atoms with E-state index in [-0.39, 0.29) is 11.5 Å². The Hall–Kier alpha value is -2.57. The number of hydrogen-bond acceptors (Lipinski definition) is 5. The van der Waals surface area contributed by atoms with Crippen molar-refractivity contribution < 1.29 is 9.18 Å². The van der Waals surface area contributed by atoms with Crippen molar-refractivity contribution in [3.8, 4) is 0 Å². The van der Waals surface area contributed by atoms with Gasteiger partial charge in [0.25, 0.3) is 5.91 Å². The predicted octanol–water partition coefficient (Wildman–Crippen LogP) is 1.28. The summed E-state index contributed by atoms with van der Waals surface area (Å²) < 4.78 is 13.2. The second-order valence-electron chi connectivity index (χ2n) is 5.20. The van der Waals surface area contributed by atoms with Gasteiger partial charge in [-0.05, 0) is 25.1 Å². The molecule has 1 aliphatic heterocycles. The third kappa shape index (κ3) is 3.03. The van der Waals surface area contributed by atoms with Gasteiger partial charge in [0.2, 0.25) is 0 Å². The van der Waals surface area contributed by atoms with E-state index >= 15 is 0 Å². The molecule has 1 saturated heterocycles. The maximum Gasteiger partial charge on any atom is 0.255 e. The molecule has 2 aromatic rings. The maximum atomic E-state index is 13.2. The lowest BCUT2D eigenvalue weighted by Gasteiger charge is -2.35. The van der Waals surface area contributed by atoms with Crippen molar-refractivity contribution in [1.82, 2.24) is 20.1 Å². The number of rotatable bonds is 2. The lowest BCUT2D eigenvalue weighted by atomic mass is 10.2. The number of piperazine rings is 1. The third-order valence-electron chi connectivity index (χ3n) is 3.63. The highest BCUT2D eigenvalue weighted by molar-refractivity contribution is 5.94. The van der Waals surface area contributed by atoms with Crippen molar-refractivity contribution in [2.45, 2.75) is 6.92 Å². The van der Waals surface area contributed by atoms with Crippen LogP contribution in [0.2, 0.25) is 0 Å². The van der Waals surface area contributed by atoms with Crippen LogP contribution >= 0.6 is 0 Å². The number of aryl methyl sites for hydroxylation is 1. The lowest BCUT2D eigenvalue weighted by molar-refractivity contribution is 0.0745. The first-order valence-electron chi connectivity index (χ1n) is 7.08. The molecule has 0 N–H and O–H groups in total. The van der Waals surface area contributed by atoms with Crippen LogP contribution in [0.4, 0.5) is 10.2 Å². The summed E-state index contributed by atoms with van der Waals surface area (Å²) in [4.78, 5) is 19.8. The Kier molecular flexibility index (Phi) is 3.95. The Labute approximate surface area is 127 Å². The number of nitrogens with zero attached hydrogens (tertiary/aromatic N) is 5. The molecule has 0 saturated carbocycles. The molecule has 0 spiro atoms. The topological polar surface area (TPSA) is 62.2 Å². The summed E-state index contributed by atoms with van der Waals surface area (Å²) in [6.07, 6.45) is 2.48. The largest absolute Gasteiger partial charge is 0.352 e. The van der Waals surface area contributed by atoms with Crippen molar-refractivity contribution in [3.05, 3.63) is 47.7 Å². The van der Waals surface area contributed by atoms with Gasteiger partial charge in [-0.3, -0.25) is 9.78 Å². The summed E-state index contributed by atoms with van der Waals surface area (Å²) in [5.74, 6) is 0.117. The Balaban J connectivity index is 1.64. The van der Waals surface area contributed by atoms with Gasteiger partial charge in [0, 0.05) is 32.4 Å². The molecule has 1 amide bonds. The number of carbonyl (C=O) groups is 1. The molecule has 0 bridgehead atoms. The van der Waals surface area contributed by atoms with Crippen LogP contribution in [-0.2, 0) is 0 Å². The van der Waals surface area contributed by atoms with Gasteiger partial charge < -0.3 is 9.80 Å². The van der Waals surface area contributed by atoms with Crippen molar-refractivity contribution in [3.63, 3.8) is 0 Å². The molecule has 0 aromatic carbocycles. The van der Waals surface area contributed by atoms with Crippen LogP contribution in [0.5, 0.6) is 0 Å². The number of anilines is 1. The number of carbonyl (C=O) groups excluding carboxylic acids is 1. The molecule has 1 aliphatic rings. The fraction of sp³-hybridized carbons (Fsp3) is 0.333. The number of halogens is 1. The summed E-state index contributed by atoms with van der Waals surface area (Å²) in [5, 5.41) is 8.20. The summed E-state index contributed by atoms with van der Waals surface area (Å²) in [6.45, 7) is 4.36. The zero-order valence-corrected chi connectivity index (χ0v) is 12.2. The van der Waals surface area contributed by atoms with Gasteiger partial charge in [0.15, 0.2) is 5.82 Å². The molecular formula is C15H16FN5O. The number of amides is 1. The van der Waals surface area contributed by atoms with Crippen molar-refractivity contribution in [2.75, 3.05) is 31.1 Å². The van der Waals surface area contributed by atoms with Gasteiger partial charge in [-0.2, -0.15) is 5.10 Å². The highest BCUT2D eigenvalue weighted by atomic mass is 19.1. The second kappa shape index (κ2) is 6.05. The second-order valence-corrected chi connectivity index (χ2v) is 5.20. The van der Waals surface area contributed by atoms with Gasteiger partial charge in [0.1, 0.15) is 5.82 Å². The van der Waals surface area contributed by atoms with E-state index in [1.807, 2.05) is 19.1 Å². The zero-order valence-electron chi connectivity index (χ0n) is 12.2. The Morgan fingerprint density at radius 3 is 2.55 bits per heavy atom. The fourth-order valence-corrected chi connectivity index (χ4v) is 2.41. The zero-order chi connectivity index (χ0) is 15.5. The van der Waals surface area contributed by atoms with Crippen LogP contribution in [0.3, 0.4) is 0 Å². The normalized spacial score (nSPS) is 15.0. The SMILES string of the molecule is Cc1ccc(N2CCN(C(=O)c3cncc(F)c3)CC2)nn1. The molecule has 0 unspecified atom stereocenters. The van der Waals surface area contributed by atoms with Crippen LogP contribution < -0.4 is 4.90 Å². The number of aromatic nitrogens is 3. The summed E-state index contributed by atoms with van der Waals surface area (Å²) in [5.41, 5.74) is 1.15. The molecule has 114 valence electrons.